The van der Waals surface area contributed by atoms with Crippen LogP contribution in [0, 0.1) is 24.2 Å². The van der Waals surface area contributed by atoms with E-state index in [9.17, 15) is 4.79 Å². The van der Waals surface area contributed by atoms with E-state index >= 15 is 0 Å². The van der Waals surface area contributed by atoms with Gasteiger partial charge in [0.1, 0.15) is 5.69 Å². The Balaban J connectivity index is 1.28. The van der Waals surface area contributed by atoms with Crippen molar-refractivity contribution in [2.75, 3.05) is 5.32 Å². The van der Waals surface area contributed by atoms with Crippen molar-refractivity contribution in [1.82, 2.24) is 9.97 Å². The van der Waals surface area contributed by atoms with E-state index in [4.69, 9.17) is 0 Å². The zero-order valence-electron chi connectivity index (χ0n) is 17.8. The van der Waals surface area contributed by atoms with E-state index in [0.717, 1.165) is 30.7 Å². The number of pyridine rings is 1. The van der Waals surface area contributed by atoms with Crippen molar-refractivity contribution in [3.05, 3.63) is 65.2 Å². The standard InChI is InChI=1S/C26H27N3OS/c1-17-5-7-20(8-6-17)25-11-18-10-19(12-25)14-26(13-18,16-25)23(30)29-24-28-22(15-31-24)21-4-2-3-9-27-21/h2-9,15,18-19H,10-14,16H2,1H3,(H,28,29,30)/t18-,19-,25?,26?/m0/s1. The molecule has 158 valence electrons. The van der Waals surface area contributed by atoms with E-state index in [1.54, 1.807) is 6.20 Å². The Kier molecular flexibility index (Phi) is 4.32. The van der Waals surface area contributed by atoms with Crippen LogP contribution in [0.25, 0.3) is 11.4 Å². The van der Waals surface area contributed by atoms with Gasteiger partial charge < -0.3 is 5.32 Å². The van der Waals surface area contributed by atoms with Crippen LogP contribution in [0.1, 0.15) is 49.7 Å². The second-order valence-corrected chi connectivity index (χ2v) is 11.0. The molecule has 4 aliphatic rings. The molecule has 2 atom stereocenters. The molecule has 31 heavy (non-hydrogen) atoms. The van der Waals surface area contributed by atoms with Crippen molar-refractivity contribution in [1.29, 1.82) is 0 Å². The van der Waals surface area contributed by atoms with Crippen molar-refractivity contribution >= 4 is 22.4 Å². The Morgan fingerprint density at radius 2 is 1.81 bits per heavy atom. The first kappa shape index (κ1) is 19.2. The fourth-order valence-corrected chi connectivity index (χ4v) is 7.67. The maximum Gasteiger partial charge on any atom is 0.232 e. The number of rotatable bonds is 4. The van der Waals surface area contributed by atoms with Gasteiger partial charge in [-0.05, 0) is 80.4 Å². The highest BCUT2D eigenvalue weighted by Gasteiger charge is 2.61. The molecule has 0 radical (unpaired) electrons. The summed E-state index contributed by atoms with van der Waals surface area (Å²) in [5.74, 6) is 1.50. The zero-order chi connectivity index (χ0) is 21.1. The van der Waals surface area contributed by atoms with Crippen molar-refractivity contribution in [2.45, 2.75) is 50.9 Å². The second kappa shape index (κ2) is 6.99. The molecule has 4 nitrogen and oxygen atoms in total. The lowest BCUT2D eigenvalue weighted by molar-refractivity contribution is -0.143. The summed E-state index contributed by atoms with van der Waals surface area (Å²) in [7, 11) is 0. The number of hydrogen-bond acceptors (Lipinski definition) is 4. The minimum Gasteiger partial charge on any atom is -0.301 e. The molecule has 3 aromatic rings. The minimum atomic E-state index is -0.258. The summed E-state index contributed by atoms with van der Waals surface area (Å²) in [5.41, 5.74) is 4.31. The Morgan fingerprint density at radius 3 is 2.52 bits per heavy atom. The van der Waals surface area contributed by atoms with Crippen molar-refractivity contribution < 1.29 is 4.79 Å². The smallest absolute Gasteiger partial charge is 0.232 e. The summed E-state index contributed by atoms with van der Waals surface area (Å²) in [5, 5.41) is 5.87. The van der Waals surface area contributed by atoms with E-state index in [-0.39, 0.29) is 16.7 Å². The van der Waals surface area contributed by atoms with Gasteiger partial charge >= 0.3 is 0 Å². The van der Waals surface area contributed by atoms with Gasteiger partial charge in [0.2, 0.25) is 5.91 Å². The normalized spacial score (nSPS) is 31.0. The lowest BCUT2D eigenvalue weighted by atomic mass is 9.42. The molecule has 0 aliphatic heterocycles. The fraction of sp³-hybridized carbons (Fsp3) is 0.423. The number of benzene rings is 1. The third kappa shape index (κ3) is 3.21. The SMILES string of the molecule is Cc1ccc(C23C[C@@H]4C[C@H](CC(C(=O)Nc5nc(-c6ccccn6)cs5)(C4)C2)C3)cc1. The molecule has 1 N–H and O–H groups in total. The fourth-order valence-electron chi connectivity index (χ4n) is 6.97. The van der Waals surface area contributed by atoms with E-state index in [0.29, 0.717) is 17.0 Å². The summed E-state index contributed by atoms with van der Waals surface area (Å²) in [6.07, 6.45) is 8.57. The van der Waals surface area contributed by atoms with Gasteiger partial charge in [-0.1, -0.05) is 35.9 Å². The molecule has 5 heteroatoms. The van der Waals surface area contributed by atoms with Crippen LogP contribution in [0.5, 0.6) is 0 Å². The average molecular weight is 430 g/mol. The van der Waals surface area contributed by atoms with Gasteiger partial charge in [-0.3, -0.25) is 9.78 Å². The number of hydrogen-bond donors (Lipinski definition) is 1. The van der Waals surface area contributed by atoms with E-state index in [1.807, 2.05) is 23.6 Å². The number of nitrogens with one attached hydrogen (secondary N) is 1. The van der Waals surface area contributed by atoms with Crippen LogP contribution in [-0.4, -0.2) is 15.9 Å². The van der Waals surface area contributed by atoms with Gasteiger partial charge in [0.25, 0.3) is 0 Å². The highest BCUT2D eigenvalue weighted by Crippen LogP contribution is 2.66. The molecule has 4 fully saturated rings. The highest BCUT2D eigenvalue weighted by atomic mass is 32.1. The number of aryl methyl sites for hydroxylation is 1. The summed E-state index contributed by atoms with van der Waals surface area (Å²) in [4.78, 5) is 22.7. The number of anilines is 1. The molecule has 4 saturated carbocycles. The van der Waals surface area contributed by atoms with Gasteiger partial charge in [0, 0.05) is 11.6 Å². The van der Waals surface area contributed by atoms with Crippen LogP contribution < -0.4 is 5.32 Å². The Bertz CT molecular complexity index is 1110. The van der Waals surface area contributed by atoms with Crippen molar-refractivity contribution in [2.24, 2.45) is 17.3 Å². The molecule has 0 spiro atoms. The van der Waals surface area contributed by atoms with Gasteiger partial charge in [0.15, 0.2) is 5.13 Å². The van der Waals surface area contributed by atoms with Crippen molar-refractivity contribution in [3.63, 3.8) is 0 Å². The predicted octanol–water partition coefficient (Wildman–Crippen LogP) is 5.99. The number of thiazole rings is 1. The van der Waals surface area contributed by atoms with E-state index in [2.05, 4.69) is 46.5 Å². The summed E-state index contributed by atoms with van der Waals surface area (Å²) in [6.45, 7) is 2.14. The lowest BCUT2D eigenvalue weighted by Gasteiger charge is -2.61. The third-order valence-electron chi connectivity index (χ3n) is 7.86. The number of nitrogens with zero attached hydrogens (tertiary/aromatic N) is 2. The van der Waals surface area contributed by atoms with Crippen LogP contribution in [0.15, 0.2) is 54.0 Å². The molecular formula is C26H27N3OS. The minimum absolute atomic E-state index is 0.164. The molecular weight excluding hydrogens is 402 g/mol. The molecule has 2 heterocycles. The Hall–Kier alpha value is -2.53. The van der Waals surface area contributed by atoms with Gasteiger partial charge in [-0.2, -0.15) is 0 Å². The highest BCUT2D eigenvalue weighted by molar-refractivity contribution is 7.14. The maximum absolute atomic E-state index is 13.7. The molecule has 7 rings (SSSR count). The first-order valence-corrected chi connectivity index (χ1v) is 12.2. The van der Waals surface area contributed by atoms with Crippen LogP contribution in [0.3, 0.4) is 0 Å². The predicted molar refractivity (Wildman–Crippen MR) is 124 cm³/mol. The molecule has 4 aliphatic carbocycles. The first-order valence-electron chi connectivity index (χ1n) is 11.3. The van der Waals surface area contributed by atoms with Gasteiger partial charge in [0.05, 0.1) is 11.1 Å². The second-order valence-electron chi connectivity index (χ2n) is 10.1. The Morgan fingerprint density at radius 1 is 1.03 bits per heavy atom. The molecule has 1 aromatic carbocycles. The van der Waals surface area contributed by atoms with Gasteiger partial charge in [-0.25, -0.2) is 4.98 Å². The first-order chi connectivity index (χ1) is 15.0. The van der Waals surface area contributed by atoms with E-state index in [1.165, 1.54) is 41.7 Å². The number of amides is 1. The molecule has 0 saturated heterocycles. The largest absolute Gasteiger partial charge is 0.301 e. The summed E-state index contributed by atoms with van der Waals surface area (Å²) >= 11 is 1.49. The van der Waals surface area contributed by atoms with Crippen molar-refractivity contribution in [3.8, 4) is 11.4 Å². The van der Waals surface area contributed by atoms with Gasteiger partial charge in [-0.15, -0.1) is 11.3 Å². The van der Waals surface area contributed by atoms with Crippen LogP contribution in [-0.2, 0) is 10.2 Å². The zero-order valence-corrected chi connectivity index (χ0v) is 18.6. The molecule has 1 amide bonds. The lowest BCUT2D eigenvalue weighted by Crippen LogP contribution is -2.57. The molecule has 2 aromatic heterocycles. The maximum atomic E-state index is 13.7. The van der Waals surface area contributed by atoms with E-state index < -0.39 is 0 Å². The Labute approximate surface area is 187 Å². The molecule has 0 unspecified atom stereocenters. The quantitative estimate of drug-likeness (QED) is 0.554. The van der Waals surface area contributed by atoms with Crippen LogP contribution in [0.2, 0.25) is 0 Å². The number of carbonyl (C=O) groups is 1. The average Bonchev–Trinajstić information content (AvgIpc) is 3.22. The van der Waals surface area contributed by atoms with Crippen LogP contribution >= 0.6 is 11.3 Å². The number of carbonyl (C=O) groups excluding carboxylic acids is 1. The topological polar surface area (TPSA) is 54.9 Å². The monoisotopic (exact) mass is 429 g/mol. The van der Waals surface area contributed by atoms with Crippen LogP contribution in [0.4, 0.5) is 5.13 Å². The number of aromatic nitrogens is 2. The molecule has 4 bridgehead atoms. The third-order valence-corrected chi connectivity index (χ3v) is 8.62. The summed E-state index contributed by atoms with van der Waals surface area (Å²) < 4.78 is 0. The summed E-state index contributed by atoms with van der Waals surface area (Å²) in [6, 6.07) is 14.9.